The zero-order valence-corrected chi connectivity index (χ0v) is 11.8. The molecule has 7 heteroatoms. The van der Waals surface area contributed by atoms with Crippen LogP contribution >= 0.6 is 0 Å². The molecule has 0 saturated carbocycles. The Hall–Kier alpha value is -1.47. The molecule has 3 rings (SSSR count). The molecule has 0 radical (unpaired) electrons. The average molecular weight is 279 g/mol. The zero-order chi connectivity index (χ0) is 13.8. The van der Waals surface area contributed by atoms with Gasteiger partial charge in [-0.3, -0.25) is 0 Å². The van der Waals surface area contributed by atoms with E-state index in [1.165, 1.54) is 0 Å². The lowest BCUT2D eigenvalue weighted by Gasteiger charge is -2.37. The van der Waals surface area contributed by atoms with Crippen LogP contribution in [0.3, 0.4) is 0 Å². The maximum absolute atomic E-state index is 5.72. The number of ether oxygens (including phenoxy) is 2. The molecule has 0 amide bonds. The maximum Gasteiger partial charge on any atom is 0.247 e. The molecule has 2 saturated heterocycles. The molecule has 0 aromatic carbocycles. The largest absolute Gasteiger partial charge is 0.369 e. The van der Waals surface area contributed by atoms with Crippen LogP contribution in [0, 0.1) is 0 Å². The quantitative estimate of drug-likeness (QED) is 0.882. The summed E-state index contributed by atoms with van der Waals surface area (Å²) < 4.78 is 11.4. The summed E-state index contributed by atoms with van der Waals surface area (Å²) >= 11 is 0. The molecule has 1 N–H and O–H groups in total. The summed E-state index contributed by atoms with van der Waals surface area (Å²) in [5.74, 6) is 1.10. The first kappa shape index (κ1) is 13.5. The highest BCUT2D eigenvalue weighted by Gasteiger charge is 2.40. The van der Waals surface area contributed by atoms with Gasteiger partial charge in [-0.15, -0.1) is 5.10 Å². The lowest BCUT2D eigenvalue weighted by Crippen LogP contribution is -2.45. The highest BCUT2D eigenvalue weighted by Crippen LogP contribution is 2.32. The van der Waals surface area contributed by atoms with E-state index >= 15 is 0 Å². The van der Waals surface area contributed by atoms with Crippen molar-refractivity contribution in [1.82, 2.24) is 15.2 Å². The third-order valence-electron chi connectivity index (χ3n) is 3.73. The first-order valence-corrected chi connectivity index (χ1v) is 7.28. The van der Waals surface area contributed by atoms with E-state index in [0.717, 1.165) is 44.7 Å². The number of nitrogens with one attached hydrogen (secondary N) is 1. The van der Waals surface area contributed by atoms with E-state index < -0.39 is 0 Å². The molecule has 0 unspecified atom stereocenters. The van der Waals surface area contributed by atoms with Gasteiger partial charge < -0.3 is 19.7 Å². The second-order valence-electron chi connectivity index (χ2n) is 5.16. The second kappa shape index (κ2) is 5.88. The van der Waals surface area contributed by atoms with E-state index in [1.54, 1.807) is 6.20 Å². The fourth-order valence-electron chi connectivity index (χ4n) is 2.60. The van der Waals surface area contributed by atoms with Gasteiger partial charge in [0.15, 0.2) is 11.6 Å². The summed E-state index contributed by atoms with van der Waals surface area (Å²) in [6.07, 6.45) is 4.42. The van der Waals surface area contributed by atoms with E-state index in [9.17, 15) is 0 Å². The van der Waals surface area contributed by atoms with E-state index in [0.29, 0.717) is 19.2 Å². The van der Waals surface area contributed by atoms with E-state index in [2.05, 4.69) is 32.3 Å². The predicted molar refractivity (Wildman–Crippen MR) is 74.7 cm³/mol. The van der Waals surface area contributed by atoms with Crippen molar-refractivity contribution in [1.29, 1.82) is 0 Å². The number of anilines is 2. The molecule has 1 spiro atoms. The summed E-state index contributed by atoms with van der Waals surface area (Å²) in [6, 6.07) is 0. The fourth-order valence-corrected chi connectivity index (χ4v) is 2.60. The molecule has 3 heterocycles. The van der Waals surface area contributed by atoms with Crippen LogP contribution in [0.5, 0.6) is 0 Å². The summed E-state index contributed by atoms with van der Waals surface area (Å²) in [7, 11) is 0. The molecule has 2 fully saturated rings. The Kier molecular flexibility index (Phi) is 3.98. The summed E-state index contributed by atoms with van der Waals surface area (Å²) in [5.41, 5.74) is 0. The second-order valence-corrected chi connectivity index (χ2v) is 5.16. The topological polar surface area (TPSA) is 72.4 Å². The molecule has 7 nitrogen and oxygen atoms in total. The first-order chi connectivity index (χ1) is 9.81. The van der Waals surface area contributed by atoms with Gasteiger partial charge in [0.2, 0.25) is 5.95 Å². The van der Waals surface area contributed by atoms with Crippen LogP contribution in [-0.2, 0) is 9.47 Å². The van der Waals surface area contributed by atoms with Crippen molar-refractivity contribution in [2.75, 3.05) is 43.1 Å². The van der Waals surface area contributed by atoms with Crippen LogP contribution < -0.4 is 10.2 Å². The highest BCUT2D eigenvalue weighted by molar-refractivity contribution is 5.39. The Morgan fingerprint density at radius 1 is 1.30 bits per heavy atom. The van der Waals surface area contributed by atoms with E-state index in [4.69, 9.17) is 9.47 Å². The molecular formula is C13H21N5O2. The summed E-state index contributed by atoms with van der Waals surface area (Å²) in [6.45, 7) is 6.08. The standard InChI is InChI=1S/C13H21N5O2/c1-2-5-14-11-10-15-17-12(16-11)18-6-3-13(4-7-18)19-8-9-20-13/h10H,2-9H2,1H3,(H,14,16,17). The molecule has 110 valence electrons. The van der Waals surface area contributed by atoms with Crippen LogP contribution in [0.25, 0.3) is 0 Å². The summed E-state index contributed by atoms with van der Waals surface area (Å²) in [4.78, 5) is 6.65. The van der Waals surface area contributed by atoms with Gasteiger partial charge in [-0.2, -0.15) is 10.1 Å². The van der Waals surface area contributed by atoms with Gasteiger partial charge in [0.25, 0.3) is 0 Å². The van der Waals surface area contributed by atoms with Gasteiger partial charge >= 0.3 is 0 Å². The molecular weight excluding hydrogens is 258 g/mol. The van der Waals surface area contributed by atoms with Crippen LogP contribution in [0.4, 0.5) is 11.8 Å². The van der Waals surface area contributed by atoms with Gasteiger partial charge in [-0.05, 0) is 6.42 Å². The van der Waals surface area contributed by atoms with Crippen molar-refractivity contribution in [2.24, 2.45) is 0 Å². The number of piperidine rings is 1. The minimum absolute atomic E-state index is 0.359. The van der Waals surface area contributed by atoms with E-state index in [1.807, 2.05) is 0 Å². The third-order valence-corrected chi connectivity index (χ3v) is 3.73. The van der Waals surface area contributed by atoms with Crippen LogP contribution in [0.15, 0.2) is 6.20 Å². The van der Waals surface area contributed by atoms with Gasteiger partial charge in [0.05, 0.1) is 19.4 Å². The van der Waals surface area contributed by atoms with Gasteiger partial charge in [0.1, 0.15) is 0 Å². The molecule has 0 atom stereocenters. The normalized spacial score (nSPS) is 21.4. The van der Waals surface area contributed by atoms with Gasteiger partial charge in [0, 0.05) is 32.5 Å². The number of nitrogens with zero attached hydrogens (tertiary/aromatic N) is 4. The molecule has 20 heavy (non-hydrogen) atoms. The van der Waals surface area contributed by atoms with Gasteiger partial charge in [-0.25, -0.2) is 0 Å². The first-order valence-electron chi connectivity index (χ1n) is 7.28. The number of aromatic nitrogens is 3. The summed E-state index contributed by atoms with van der Waals surface area (Å²) in [5, 5.41) is 11.4. The van der Waals surface area contributed by atoms with Gasteiger partial charge in [-0.1, -0.05) is 6.92 Å². The molecule has 2 aliphatic heterocycles. The van der Waals surface area contributed by atoms with Crippen molar-refractivity contribution < 1.29 is 9.47 Å². The lowest BCUT2D eigenvalue weighted by molar-refractivity contribution is -0.169. The van der Waals surface area contributed by atoms with Crippen molar-refractivity contribution in [3.8, 4) is 0 Å². The Morgan fingerprint density at radius 3 is 2.75 bits per heavy atom. The molecule has 0 bridgehead atoms. The minimum Gasteiger partial charge on any atom is -0.369 e. The fraction of sp³-hybridized carbons (Fsp3) is 0.769. The van der Waals surface area contributed by atoms with Crippen molar-refractivity contribution in [2.45, 2.75) is 32.0 Å². The third kappa shape index (κ3) is 2.83. The van der Waals surface area contributed by atoms with Crippen molar-refractivity contribution in [3.05, 3.63) is 6.20 Å². The maximum atomic E-state index is 5.72. The Labute approximate surface area is 118 Å². The van der Waals surface area contributed by atoms with Crippen LogP contribution in [-0.4, -0.2) is 53.8 Å². The molecule has 2 aliphatic rings. The number of hydrogen-bond donors (Lipinski definition) is 1. The smallest absolute Gasteiger partial charge is 0.247 e. The lowest BCUT2D eigenvalue weighted by atomic mass is 10.0. The van der Waals surface area contributed by atoms with Crippen LogP contribution in [0.1, 0.15) is 26.2 Å². The van der Waals surface area contributed by atoms with Crippen molar-refractivity contribution in [3.63, 3.8) is 0 Å². The number of hydrogen-bond acceptors (Lipinski definition) is 7. The molecule has 1 aromatic heterocycles. The van der Waals surface area contributed by atoms with Crippen LogP contribution in [0.2, 0.25) is 0 Å². The van der Waals surface area contributed by atoms with E-state index in [-0.39, 0.29) is 5.79 Å². The zero-order valence-electron chi connectivity index (χ0n) is 11.8. The Balaban J connectivity index is 1.62. The van der Waals surface area contributed by atoms with Crippen molar-refractivity contribution >= 4 is 11.8 Å². The molecule has 1 aromatic rings. The SMILES string of the molecule is CCCNc1cnnc(N2CCC3(CC2)OCCO3)n1. The molecule has 0 aliphatic carbocycles. The predicted octanol–water partition coefficient (Wildman–Crippen LogP) is 1.04. The monoisotopic (exact) mass is 279 g/mol. The Bertz CT molecular complexity index is 440. The minimum atomic E-state index is -0.359. The Morgan fingerprint density at radius 2 is 2.05 bits per heavy atom. The average Bonchev–Trinajstić information content (AvgIpc) is 2.94. The number of rotatable bonds is 4. The highest BCUT2D eigenvalue weighted by atomic mass is 16.7.